The van der Waals surface area contributed by atoms with Crippen molar-refractivity contribution in [3.8, 4) is 0 Å². The van der Waals surface area contributed by atoms with Gasteiger partial charge >= 0.3 is 0 Å². The van der Waals surface area contributed by atoms with E-state index in [0.29, 0.717) is 0 Å². The molecule has 3 rings (SSSR count). The minimum atomic E-state index is 0.920. The largest absolute Gasteiger partial charge is 0.384 e. The van der Waals surface area contributed by atoms with Crippen LogP contribution in [0.1, 0.15) is 16.1 Å². The van der Waals surface area contributed by atoms with Gasteiger partial charge in [0.15, 0.2) is 0 Å². The molecule has 1 N–H and O–H groups in total. The molecule has 0 saturated carbocycles. The monoisotopic (exact) mass is 282 g/mol. The molecule has 0 aliphatic carbocycles. The second kappa shape index (κ2) is 5.63. The molecule has 0 spiro atoms. The third kappa shape index (κ3) is 2.83. The summed E-state index contributed by atoms with van der Waals surface area (Å²) in [6, 6.07) is 14.8. The van der Waals surface area contributed by atoms with Gasteiger partial charge < -0.3 is 5.32 Å². The molecule has 0 bridgehead atoms. The van der Waals surface area contributed by atoms with Crippen LogP contribution < -0.4 is 5.32 Å². The average Bonchev–Trinajstić information content (AvgIpc) is 2.83. The highest BCUT2D eigenvalue weighted by molar-refractivity contribution is 7.18. The summed E-state index contributed by atoms with van der Waals surface area (Å²) in [7, 11) is 0. The van der Waals surface area contributed by atoms with Crippen LogP contribution in [0.15, 0.2) is 42.5 Å². The van der Waals surface area contributed by atoms with Crippen molar-refractivity contribution < 1.29 is 0 Å². The lowest BCUT2D eigenvalue weighted by Gasteiger charge is -2.07. The van der Waals surface area contributed by atoms with Crippen molar-refractivity contribution in [3.63, 3.8) is 0 Å². The predicted octanol–water partition coefficient (Wildman–Crippen LogP) is 4.57. The van der Waals surface area contributed by atoms with E-state index in [0.717, 1.165) is 18.5 Å². The zero-order valence-corrected chi connectivity index (χ0v) is 12.6. The lowest BCUT2D eigenvalue weighted by molar-refractivity contribution is 1.00. The van der Waals surface area contributed by atoms with Crippen LogP contribution in [0.4, 0.5) is 5.69 Å². The minimum Gasteiger partial charge on any atom is -0.384 e. The first-order valence-corrected chi connectivity index (χ1v) is 7.69. The van der Waals surface area contributed by atoms with Crippen LogP contribution in [0.2, 0.25) is 0 Å². The van der Waals surface area contributed by atoms with Crippen molar-refractivity contribution in [2.24, 2.45) is 0 Å². The Bertz CT molecular complexity index is 731. The lowest BCUT2D eigenvalue weighted by atomic mass is 10.2. The molecule has 2 nitrogen and oxygen atoms in total. The van der Waals surface area contributed by atoms with E-state index < -0.39 is 0 Å². The van der Waals surface area contributed by atoms with Crippen molar-refractivity contribution >= 4 is 27.2 Å². The first-order valence-electron chi connectivity index (χ1n) is 6.88. The summed E-state index contributed by atoms with van der Waals surface area (Å²) in [4.78, 5) is 4.69. The van der Waals surface area contributed by atoms with E-state index in [4.69, 9.17) is 0 Å². The van der Waals surface area contributed by atoms with Gasteiger partial charge in [-0.05, 0) is 43.2 Å². The summed E-state index contributed by atoms with van der Waals surface area (Å²) in [5.41, 5.74) is 4.91. The number of hydrogen-bond donors (Lipinski definition) is 1. The van der Waals surface area contributed by atoms with E-state index in [-0.39, 0.29) is 0 Å². The molecule has 0 atom stereocenters. The highest BCUT2D eigenvalue weighted by Crippen LogP contribution is 2.23. The number of fused-ring (bicyclic) bond motifs is 1. The van der Waals surface area contributed by atoms with E-state index in [1.807, 2.05) is 0 Å². The van der Waals surface area contributed by atoms with Gasteiger partial charge in [0.25, 0.3) is 0 Å². The number of thiazole rings is 1. The standard InChI is InChI=1S/C17H18N2S/c1-12-7-8-15-16(11-12)20-17(19-15)9-10-18-14-6-4-3-5-13(14)2/h3-8,11,18H,9-10H2,1-2H3. The third-order valence-electron chi connectivity index (χ3n) is 3.39. The Morgan fingerprint density at radius 2 is 1.95 bits per heavy atom. The van der Waals surface area contributed by atoms with Gasteiger partial charge in [0.1, 0.15) is 0 Å². The van der Waals surface area contributed by atoms with E-state index in [1.54, 1.807) is 11.3 Å². The van der Waals surface area contributed by atoms with Gasteiger partial charge in [-0.15, -0.1) is 11.3 Å². The molecule has 20 heavy (non-hydrogen) atoms. The Kier molecular flexibility index (Phi) is 3.70. The topological polar surface area (TPSA) is 24.9 Å². The minimum absolute atomic E-state index is 0.920. The first kappa shape index (κ1) is 13.1. The highest BCUT2D eigenvalue weighted by Gasteiger charge is 2.04. The quantitative estimate of drug-likeness (QED) is 0.758. The maximum atomic E-state index is 4.69. The van der Waals surface area contributed by atoms with Gasteiger partial charge in [-0.25, -0.2) is 4.98 Å². The fourth-order valence-electron chi connectivity index (χ4n) is 2.26. The van der Waals surface area contributed by atoms with Crippen LogP contribution in [-0.4, -0.2) is 11.5 Å². The molecule has 0 aliphatic heterocycles. The van der Waals surface area contributed by atoms with Crippen molar-refractivity contribution in [2.75, 3.05) is 11.9 Å². The Morgan fingerprint density at radius 1 is 1.10 bits per heavy atom. The molecule has 0 amide bonds. The normalized spacial score (nSPS) is 10.9. The first-order chi connectivity index (χ1) is 9.72. The Balaban J connectivity index is 1.67. The molecule has 0 unspecified atom stereocenters. The van der Waals surface area contributed by atoms with Gasteiger partial charge in [-0.1, -0.05) is 24.3 Å². The van der Waals surface area contributed by atoms with Gasteiger partial charge in [0.05, 0.1) is 15.2 Å². The molecule has 0 saturated heterocycles. The number of nitrogens with zero attached hydrogens (tertiary/aromatic N) is 1. The summed E-state index contributed by atoms with van der Waals surface area (Å²) < 4.78 is 1.29. The smallest absolute Gasteiger partial charge is 0.0956 e. The van der Waals surface area contributed by atoms with Gasteiger partial charge in [-0.3, -0.25) is 0 Å². The summed E-state index contributed by atoms with van der Waals surface area (Å²) >= 11 is 1.80. The zero-order valence-electron chi connectivity index (χ0n) is 11.8. The maximum Gasteiger partial charge on any atom is 0.0956 e. The number of benzene rings is 2. The van der Waals surface area contributed by atoms with Crippen LogP contribution in [0.25, 0.3) is 10.2 Å². The van der Waals surface area contributed by atoms with Crippen molar-refractivity contribution in [1.82, 2.24) is 4.98 Å². The number of aromatic nitrogens is 1. The molecule has 1 aromatic heterocycles. The Morgan fingerprint density at radius 3 is 2.80 bits per heavy atom. The molecule has 0 fully saturated rings. The molecule has 102 valence electrons. The lowest BCUT2D eigenvalue weighted by Crippen LogP contribution is -2.05. The highest BCUT2D eigenvalue weighted by atomic mass is 32.1. The predicted molar refractivity (Wildman–Crippen MR) is 87.7 cm³/mol. The fourth-order valence-corrected chi connectivity index (χ4v) is 3.33. The summed E-state index contributed by atoms with van der Waals surface area (Å²) in [6.07, 6.45) is 0.965. The number of nitrogens with one attached hydrogen (secondary N) is 1. The Hall–Kier alpha value is -1.87. The van der Waals surface area contributed by atoms with Crippen LogP contribution in [0.3, 0.4) is 0 Å². The number of rotatable bonds is 4. The van der Waals surface area contributed by atoms with E-state index in [2.05, 4.69) is 66.6 Å². The van der Waals surface area contributed by atoms with E-state index >= 15 is 0 Å². The van der Waals surface area contributed by atoms with E-state index in [9.17, 15) is 0 Å². The van der Waals surface area contributed by atoms with Crippen LogP contribution in [0.5, 0.6) is 0 Å². The summed E-state index contributed by atoms with van der Waals surface area (Å²) in [5.74, 6) is 0. The number of para-hydroxylation sites is 1. The van der Waals surface area contributed by atoms with Crippen molar-refractivity contribution in [2.45, 2.75) is 20.3 Å². The summed E-state index contributed by atoms with van der Waals surface area (Å²) in [5, 5.41) is 4.68. The zero-order chi connectivity index (χ0) is 13.9. The van der Waals surface area contributed by atoms with Crippen LogP contribution in [-0.2, 0) is 6.42 Å². The molecule has 0 radical (unpaired) electrons. The van der Waals surface area contributed by atoms with Crippen molar-refractivity contribution in [1.29, 1.82) is 0 Å². The molecule has 0 aliphatic rings. The molecule has 3 heteroatoms. The number of anilines is 1. The average molecular weight is 282 g/mol. The molecular formula is C17H18N2S. The third-order valence-corrected chi connectivity index (χ3v) is 4.47. The molecule has 2 aromatic carbocycles. The number of aryl methyl sites for hydroxylation is 2. The number of hydrogen-bond acceptors (Lipinski definition) is 3. The molecular weight excluding hydrogens is 264 g/mol. The SMILES string of the molecule is Cc1ccc2nc(CCNc3ccccc3C)sc2c1. The maximum absolute atomic E-state index is 4.69. The van der Waals surface area contributed by atoms with Gasteiger partial charge in [0.2, 0.25) is 0 Å². The second-order valence-corrected chi connectivity index (χ2v) is 6.19. The fraction of sp³-hybridized carbons (Fsp3) is 0.235. The summed E-state index contributed by atoms with van der Waals surface area (Å²) in [6.45, 7) is 5.17. The van der Waals surface area contributed by atoms with Crippen molar-refractivity contribution in [3.05, 3.63) is 58.6 Å². The second-order valence-electron chi connectivity index (χ2n) is 5.07. The van der Waals surface area contributed by atoms with Gasteiger partial charge in [-0.2, -0.15) is 0 Å². The Labute approximate surface area is 123 Å². The van der Waals surface area contributed by atoms with Crippen LogP contribution >= 0.6 is 11.3 Å². The van der Waals surface area contributed by atoms with Crippen LogP contribution in [0, 0.1) is 13.8 Å². The van der Waals surface area contributed by atoms with E-state index in [1.165, 1.54) is 26.5 Å². The molecule has 1 heterocycles. The van der Waals surface area contributed by atoms with Gasteiger partial charge in [0, 0.05) is 18.7 Å². The molecule has 3 aromatic rings.